The third-order valence-electron chi connectivity index (χ3n) is 3.04. The lowest BCUT2D eigenvalue weighted by Gasteiger charge is -2.19. The van der Waals surface area contributed by atoms with Gasteiger partial charge in [-0.2, -0.15) is 0 Å². The van der Waals surface area contributed by atoms with Crippen LogP contribution in [-0.2, 0) is 0 Å². The van der Waals surface area contributed by atoms with Gasteiger partial charge in [-0.3, -0.25) is 5.84 Å². The average Bonchev–Trinajstić information content (AvgIpc) is 2.34. The highest BCUT2D eigenvalue weighted by atomic mass is 15.2. The van der Waals surface area contributed by atoms with Gasteiger partial charge in [0.05, 0.1) is 6.04 Å². The molecular weight excluding hydrogens is 208 g/mol. The lowest BCUT2D eigenvalue weighted by atomic mass is 9.94. The Morgan fingerprint density at radius 2 is 1.71 bits per heavy atom. The van der Waals surface area contributed by atoms with Crippen LogP contribution in [0.1, 0.15) is 28.3 Å². The Balaban J connectivity index is 2.42. The zero-order valence-electron chi connectivity index (χ0n) is 10.3. The summed E-state index contributed by atoms with van der Waals surface area (Å²) >= 11 is 0. The van der Waals surface area contributed by atoms with Crippen LogP contribution in [0.3, 0.4) is 0 Å². The second-order valence-corrected chi connectivity index (χ2v) is 4.37. The molecule has 0 aliphatic carbocycles. The molecule has 2 heteroatoms. The Morgan fingerprint density at radius 3 is 2.29 bits per heavy atom. The third kappa shape index (κ3) is 2.54. The van der Waals surface area contributed by atoms with Crippen LogP contribution in [0.4, 0.5) is 0 Å². The van der Waals surface area contributed by atoms with Gasteiger partial charge in [-0.05, 0) is 30.5 Å². The molecule has 1 atom stereocenters. The Hall–Kier alpha value is -1.64. The van der Waals surface area contributed by atoms with Crippen molar-refractivity contribution in [3.63, 3.8) is 0 Å². The first-order valence-electron chi connectivity index (χ1n) is 5.80. The van der Waals surface area contributed by atoms with E-state index in [1.165, 1.54) is 22.3 Å². The van der Waals surface area contributed by atoms with Crippen molar-refractivity contribution >= 4 is 0 Å². The molecule has 0 amide bonds. The van der Waals surface area contributed by atoms with Gasteiger partial charge in [-0.1, -0.05) is 54.1 Å². The fourth-order valence-corrected chi connectivity index (χ4v) is 2.16. The summed E-state index contributed by atoms with van der Waals surface area (Å²) in [6.45, 7) is 4.22. The molecule has 0 radical (unpaired) electrons. The number of rotatable bonds is 3. The highest BCUT2D eigenvalue weighted by Gasteiger charge is 2.13. The van der Waals surface area contributed by atoms with Crippen molar-refractivity contribution in [2.45, 2.75) is 19.9 Å². The monoisotopic (exact) mass is 226 g/mol. The Kier molecular flexibility index (Phi) is 3.57. The topological polar surface area (TPSA) is 38.0 Å². The molecule has 0 aliphatic heterocycles. The number of benzene rings is 2. The first kappa shape index (κ1) is 11.8. The maximum Gasteiger partial charge on any atom is 0.0712 e. The van der Waals surface area contributed by atoms with Crippen LogP contribution in [0, 0.1) is 13.8 Å². The van der Waals surface area contributed by atoms with Crippen LogP contribution >= 0.6 is 0 Å². The van der Waals surface area contributed by atoms with E-state index in [-0.39, 0.29) is 6.04 Å². The molecule has 0 bridgehead atoms. The van der Waals surface area contributed by atoms with Gasteiger partial charge in [-0.25, -0.2) is 5.43 Å². The summed E-state index contributed by atoms with van der Waals surface area (Å²) in [7, 11) is 0. The van der Waals surface area contributed by atoms with Crippen LogP contribution < -0.4 is 11.3 Å². The summed E-state index contributed by atoms with van der Waals surface area (Å²) in [4.78, 5) is 0. The number of hydrazine groups is 1. The molecular formula is C15H18N2. The lowest BCUT2D eigenvalue weighted by Crippen LogP contribution is -2.29. The summed E-state index contributed by atoms with van der Waals surface area (Å²) in [6, 6.07) is 16.7. The van der Waals surface area contributed by atoms with E-state index in [4.69, 9.17) is 5.84 Å². The number of hydrogen-bond acceptors (Lipinski definition) is 2. The number of aryl methyl sites for hydroxylation is 2. The van der Waals surface area contributed by atoms with E-state index in [2.05, 4.69) is 49.6 Å². The van der Waals surface area contributed by atoms with E-state index in [0.717, 1.165) is 0 Å². The minimum absolute atomic E-state index is 0.0526. The maximum atomic E-state index is 5.69. The Bertz CT molecular complexity index is 492. The summed E-state index contributed by atoms with van der Waals surface area (Å²) in [5.74, 6) is 5.69. The van der Waals surface area contributed by atoms with Gasteiger partial charge in [0.1, 0.15) is 0 Å². The predicted octanol–water partition coefficient (Wildman–Crippen LogP) is 2.86. The average molecular weight is 226 g/mol. The molecule has 3 N–H and O–H groups in total. The van der Waals surface area contributed by atoms with Crippen molar-refractivity contribution in [3.05, 3.63) is 70.8 Å². The largest absolute Gasteiger partial charge is 0.271 e. The van der Waals surface area contributed by atoms with Crippen LogP contribution in [0.5, 0.6) is 0 Å². The first-order chi connectivity index (χ1) is 8.22. The van der Waals surface area contributed by atoms with E-state index < -0.39 is 0 Å². The molecule has 17 heavy (non-hydrogen) atoms. The number of nitrogens with one attached hydrogen (secondary N) is 1. The molecule has 0 heterocycles. The molecule has 2 aromatic carbocycles. The minimum atomic E-state index is 0.0526. The van der Waals surface area contributed by atoms with Crippen LogP contribution in [0.15, 0.2) is 48.5 Å². The first-order valence-corrected chi connectivity index (χ1v) is 5.80. The van der Waals surface area contributed by atoms with Crippen molar-refractivity contribution in [3.8, 4) is 0 Å². The van der Waals surface area contributed by atoms with Gasteiger partial charge >= 0.3 is 0 Å². The van der Waals surface area contributed by atoms with Crippen molar-refractivity contribution in [2.24, 2.45) is 5.84 Å². The van der Waals surface area contributed by atoms with Crippen LogP contribution in [-0.4, -0.2) is 0 Å². The number of nitrogens with two attached hydrogens (primary N) is 1. The molecule has 0 saturated heterocycles. The molecule has 0 spiro atoms. The van der Waals surface area contributed by atoms with E-state index in [1.807, 2.05) is 18.2 Å². The summed E-state index contributed by atoms with van der Waals surface area (Å²) < 4.78 is 0. The molecule has 0 aliphatic rings. The van der Waals surface area contributed by atoms with Gasteiger partial charge in [-0.15, -0.1) is 0 Å². The Morgan fingerprint density at radius 1 is 1.00 bits per heavy atom. The van der Waals surface area contributed by atoms with Crippen molar-refractivity contribution < 1.29 is 0 Å². The molecule has 88 valence electrons. The highest BCUT2D eigenvalue weighted by molar-refractivity contribution is 5.38. The molecule has 2 aromatic rings. The van der Waals surface area contributed by atoms with E-state index in [0.29, 0.717) is 0 Å². The molecule has 2 rings (SSSR count). The zero-order chi connectivity index (χ0) is 12.3. The molecule has 0 unspecified atom stereocenters. The fraction of sp³-hybridized carbons (Fsp3) is 0.200. The molecule has 0 saturated carbocycles. The second-order valence-electron chi connectivity index (χ2n) is 4.37. The van der Waals surface area contributed by atoms with Gasteiger partial charge in [0.15, 0.2) is 0 Å². The van der Waals surface area contributed by atoms with Crippen molar-refractivity contribution in [1.82, 2.24) is 5.43 Å². The lowest BCUT2D eigenvalue weighted by molar-refractivity contribution is 0.633. The standard InChI is InChI=1S/C15H18N2/c1-11-8-9-14(12(2)10-11)15(17-16)13-6-4-3-5-7-13/h3-10,15,17H,16H2,1-2H3/t15-/m0/s1. The number of hydrogen-bond donors (Lipinski definition) is 2. The molecule has 0 fully saturated rings. The van der Waals surface area contributed by atoms with Gasteiger partial charge in [0.2, 0.25) is 0 Å². The zero-order valence-corrected chi connectivity index (χ0v) is 10.3. The maximum absolute atomic E-state index is 5.69. The van der Waals surface area contributed by atoms with Crippen LogP contribution in [0.25, 0.3) is 0 Å². The quantitative estimate of drug-likeness (QED) is 0.624. The summed E-state index contributed by atoms with van der Waals surface area (Å²) in [6.07, 6.45) is 0. The highest BCUT2D eigenvalue weighted by Crippen LogP contribution is 2.24. The second kappa shape index (κ2) is 5.13. The van der Waals surface area contributed by atoms with E-state index >= 15 is 0 Å². The van der Waals surface area contributed by atoms with Gasteiger partial charge in [0, 0.05) is 0 Å². The normalized spacial score (nSPS) is 12.4. The predicted molar refractivity (Wildman–Crippen MR) is 71.5 cm³/mol. The van der Waals surface area contributed by atoms with Gasteiger partial charge < -0.3 is 0 Å². The van der Waals surface area contributed by atoms with Crippen molar-refractivity contribution in [1.29, 1.82) is 0 Å². The summed E-state index contributed by atoms with van der Waals surface area (Å²) in [5.41, 5.74) is 7.84. The third-order valence-corrected chi connectivity index (χ3v) is 3.04. The fourth-order valence-electron chi connectivity index (χ4n) is 2.16. The SMILES string of the molecule is Cc1ccc([C@@H](NN)c2ccccc2)c(C)c1. The van der Waals surface area contributed by atoms with E-state index in [1.54, 1.807) is 0 Å². The van der Waals surface area contributed by atoms with Crippen LogP contribution in [0.2, 0.25) is 0 Å². The van der Waals surface area contributed by atoms with Gasteiger partial charge in [0.25, 0.3) is 0 Å². The summed E-state index contributed by atoms with van der Waals surface area (Å²) in [5, 5.41) is 0. The molecule has 2 nitrogen and oxygen atoms in total. The van der Waals surface area contributed by atoms with Crippen molar-refractivity contribution in [2.75, 3.05) is 0 Å². The van der Waals surface area contributed by atoms with E-state index in [9.17, 15) is 0 Å². The smallest absolute Gasteiger partial charge is 0.0712 e. The molecule has 0 aromatic heterocycles. The minimum Gasteiger partial charge on any atom is -0.271 e. The Labute approximate surface area is 102 Å².